The smallest absolute Gasteiger partial charge is 0.330 e. The summed E-state index contributed by atoms with van der Waals surface area (Å²) in [5.41, 5.74) is 0.0336. The van der Waals surface area contributed by atoms with Gasteiger partial charge in [0.1, 0.15) is 12.2 Å². The molecule has 1 fully saturated rings. The molecule has 3 atom stereocenters. The summed E-state index contributed by atoms with van der Waals surface area (Å²) in [6.07, 6.45) is 0.921. The summed E-state index contributed by atoms with van der Waals surface area (Å²) in [5, 5.41) is 9.50. The normalized spacial score (nSPS) is 23.4. The van der Waals surface area contributed by atoms with E-state index in [9.17, 15) is 14.9 Å². The van der Waals surface area contributed by atoms with E-state index >= 15 is 0 Å². The van der Waals surface area contributed by atoms with Crippen molar-refractivity contribution in [2.75, 3.05) is 6.61 Å². The van der Waals surface area contributed by atoms with Gasteiger partial charge in [0.25, 0.3) is 5.56 Å². The van der Waals surface area contributed by atoms with Gasteiger partial charge in [0.05, 0.1) is 12.7 Å². The number of hydrogen-bond acceptors (Lipinski definition) is 6. The fourth-order valence-electron chi connectivity index (χ4n) is 3.16. The maximum Gasteiger partial charge on any atom is 0.330 e. The molecule has 1 aliphatic rings. The minimum absolute atomic E-state index is 0.00806. The zero-order chi connectivity index (χ0) is 26.3. The fraction of sp³-hybridized carbons (Fsp3) is 0.708. The molecule has 0 aromatic carbocycles. The van der Waals surface area contributed by atoms with Gasteiger partial charge in [0, 0.05) is 23.4 Å². The molecule has 0 spiro atoms. The molecule has 2 heterocycles. The molecule has 1 aliphatic heterocycles. The van der Waals surface area contributed by atoms with Gasteiger partial charge in [-0.2, -0.15) is 5.26 Å². The van der Waals surface area contributed by atoms with Crippen molar-refractivity contribution in [2.24, 2.45) is 0 Å². The maximum absolute atomic E-state index is 12.8. The molecule has 1 aromatic heterocycles. The Morgan fingerprint density at radius 2 is 1.68 bits per heavy atom. The lowest BCUT2D eigenvalue weighted by Gasteiger charge is -2.39. The van der Waals surface area contributed by atoms with E-state index in [0.29, 0.717) is 11.1 Å². The van der Waals surface area contributed by atoms with Gasteiger partial charge in [0.2, 0.25) is 0 Å². The molecule has 0 aliphatic carbocycles. The van der Waals surface area contributed by atoms with E-state index < -0.39 is 46.3 Å². The van der Waals surface area contributed by atoms with Crippen LogP contribution in [0.25, 0.3) is 0 Å². The summed E-state index contributed by atoms with van der Waals surface area (Å²) in [5.74, 6) is 0. The van der Waals surface area contributed by atoms with Crippen molar-refractivity contribution in [1.29, 1.82) is 5.26 Å². The first kappa shape index (κ1) is 28.5. The zero-order valence-electron chi connectivity index (χ0n) is 22.5. The Bertz CT molecular complexity index is 1080. The third-order valence-corrected chi connectivity index (χ3v) is 16.5. The summed E-state index contributed by atoms with van der Waals surface area (Å²) < 4.78 is 20.9. The first-order valence-electron chi connectivity index (χ1n) is 11.7. The number of aryl methyl sites for hydroxylation is 1. The van der Waals surface area contributed by atoms with Crippen molar-refractivity contribution in [3.63, 3.8) is 0 Å². The van der Waals surface area contributed by atoms with Crippen LogP contribution in [-0.4, -0.2) is 45.0 Å². The molecule has 0 amide bonds. The van der Waals surface area contributed by atoms with Crippen LogP contribution in [0.2, 0.25) is 36.3 Å². The number of hydrogen-bond donors (Lipinski definition) is 1. The summed E-state index contributed by atoms with van der Waals surface area (Å²) in [6, 6.07) is 2.13. The Morgan fingerprint density at radius 1 is 1.12 bits per heavy atom. The van der Waals surface area contributed by atoms with Gasteiger partial charge in [0.15, 0.2) is 22.9 Å². The van der Waals surface area contributed by atoms with E-state index in [2.05, 4.69) is 78.8 Å². The summed E-state index contributed by atoms with van der Waals surface area (Å²) in [6.45, 7) is 23.3. The van der Waals surface area contributed by atoms with Gasteiger partial charge >= 0.3 is 5.69 Å². The summed E-state index contributed by atoms with van der Waals surface area (Å²) >= 11 is 0. The number of ether oxygens (including phenoxy) is 1. The van der Waals surface area contributed by atoms with Crippen LogP contribution >= 0.6 is 0 Å². The maximum atomic E-state index is 12.8. The van der Waals surface area contributed by atoms with Crippen molar-refractivity contribution in [2.45, 2.75) is 103 Å². The lowest BCUT2D eigenvalue weighted by atomic mass is 10.1. The van der Waals surface area contributed by atoms with Crippen molar-refractivity contribution in [1.82, 2.24) is 9.55 Å². The standard InChI is InChI=1S/C24H41N3O5Si2/c1-16-14-27(22(29)26-20(16)28)21-19(32-34(10,11)24(5,6)7)17(12-13-25)18(31-21)15-30-33(8,9)23(2,3)4/h12,14,18-19,21H,15H2,1-11H3,(H,26,28,29). The van der Waals surface area contributed by atoms with E-state index in [0.717, 1.165) is 0 Å². The van der Waals surface area contributed by atoms with E-state index in [1.807, 2.05) is 0 Å². The highest BCUT2D eigenvalue weighted by Gasteiger charge is 2.49. The van der Waals surface area contributed by atoms with Gasteiger partial charge in [-0.1, -0.05) is 41.5 Å². The van der Waals surface area contributed by atoms with Crippen LogP contribution in [0.15, 0.2) is 27.4 Å². The molecule has 1 N–H and O–H groups in total. The van der Waals surface area contributed by atoms with Gasteiger partial charge in [-0.15, -0.1) is 0 Å². The van der Waals surface area contributed by atoms with Crippen LogP contribution in [-0.2, 0) is 13.6 Å². The second-order valence-corrected chi connectivity index (χ2v) is 21.7. The Kier molecular flexibility index (Phi) is 8.12. The number of aromatic nitrogens is 2. The van der Waals surface area contributed by atoms with E-state index in [-0.39, 0.29) is 16.7 Å². The largest absolute Gasteiger partial charge is 0.414 e. The molecule has 0 saturated carbocycles. The second-order valence-electron chi connectivity index (χ2n) is 12.1. The zero-order valence-corrected chi connectivity index (χ0v) is 24.5. The predicted molar refractivity (Wildman–Crippen MR) is 139 cm³/mol. The van der Waals surface area contributed by atoms with Crippen molar-refractivity contribution >= 4 is 16.6 Å². The minimum Gasteiger partial charge on any atom is -0.414 e. The Hall–Kier alpha value is -1.78. The Morgan fingerprint density at radius 3 is 2.18 bits per heavy atom. The number of aromatic amines is 1. The molecule has 34 heavy (non-hydrogen) atoms. The van der Waals surface area contributed by atoms with E-state index in [1.165, 1.54) is 16.8 Å². The highest BCUT2D eigenvalue weighted by atomic mass is 28.4. The SMILES string of the molecule is Cc1cn(C2OC(CO[Si](C)(C)C(C)(C)C)C(=CC#N)C2O[Si](C)(C)C(C)(C)C)c(=O)[nH]c1=O. The highest BCUT2D eigenvalue weighted by molar-refractivity contribution is 6.74. The molecule has 1 aromatic rings. The van der Waals surface area contributed by atoms with E-state index in [1.54, 1.807) is 6.92 Å². The van der Waals surface area contributed by atoms with Gasteiger partial charge < -0.3 is 13.6 Å². The molecule has 0 bridgehead atoms. The number of H-pyrrole nitrogens is 1. The molecular weight excluding hydrogens is 466 g/mol. The molecule has 190 valence electrons. The van der Waals surface area contributed by atoms with Gasteiger partial charge in [-0.05, 0) is 43.2 Å². The number of nitrogens with zero attached hydrogens (tertiary/aromatic N) is 2. The number of allylic oxidation sites excluding steroid dienone is 1. The summed E-state index contributed by atoms with van der Waals surface area (Å²) in [7, 11) is -4.42. The number of nitrogens with one attached hydrogen (secondary N) is 1. The average molecular weight is 508 g/mol. The summed E-state index contributed by atoms with van der Waals surface area (Å²) in [4.78, 5) is 27.1. The first-order valence-corrected chi connectivity index (χ1v) is 17.5. The number of nitriles is 1. The molecular formula is C24H41N3O5Si2. The van der Waals surface area contributed by atoms with Crippen LogP contribution in [0.1, 0.15) is 53.3 Å². The second kappa shape index (κ2) is 9.70. The number of rotatable bonds is 6. The van der Waals surface area contributed by atoms with Crippen LogP contribution in [0.5, 0.6) is 0 Å². The molecule has 2 rings (SSSR count). The Balaban J connectivity index is 2.57. The van der Waals surface area contributed by atoms with Gasteiger partial charge in [-0.3, -0.25) is 14.3 Å². The average Bonchev–Trinajstić information content (AvgIpc) is 2.98. The highest BCUT2D eigenvalue weighted by Crippen LogP contribution is 2.44. The lowest BCUT2D eigenvalue weighted by Crippen LogP contribution is -2.47. The topological polar surface area (TPSA) is 106 Å². The van der Waals surface area contributed by atoms with Crippen LogP contribution < -0.4 is 11.2 Å². The molecule has 0 radical (unpaired) electrons. The monoisotopic (exact) mass is 507 g/mol. The third kappa shape index (κ3) is 5.89. The minimum atomic E-state index is -2.33. The fourth-order valence-corrected chi connectivity index (χ4v) is 5.40. The predicted octanol–water partition coefficient (Wildman–Crippen LogP) is 4.60. The molecule has 3 unspecified atom stereocenters. The first-order chi connectivity index (χ1) is 15.3. The van der Waals surface area contributed by atoms with Crippen molar-refractivity contribution < 1.29 is 13.6 Å². The van der Waals surface area contributed by atoms with Gasteiger partial charge in [-0.25, -0.2) is 4.79 Å². The van der Waals surface area contributed by atoms with Crippen LogP contribution in [0.4, 0.5) is 0 Å². The Labute approximate surface area is 205 Å². The quantitative estimate of drug-likeness (QED) is 0.445. The van der Waals surface area contributed by atoms with Crippen LogP contribution in [0.3, 0.4) is 0 Å². The van der Waals surface area contributed by atoms with Crippen LogP contribution in [0, 0.1) is 18.3 Å². The molecule has 10 heteroatoms. The lowest BCUT2D eigenvalue weighted by molar-refractivity contribution is -0.0484. The molecule has 1 saturated heterocycles. The molecule has 8 nitrogen and oxygen atoms in total. The van der Waals surface area contributed by atoms with Crippen molar-refractivity contribution in [3.05, 3.63) is 44.2 Å². The third-order valence-electron chi connectivity index (χ3n) is 7.54. The van der Waals surface area contributed by atoms with E-state index in [4.69, 9.17) is 13.6 Å². The van der Waals surface area contributed by atoms with Crippen molar-refractivity contribution in [3.8, 4) is 6.07 Å².